The molecular formula is C14H15Cl2N. The van der Waals surface area contributed by atoms with Crippen LogP contribution in [0.5, 0.6) is 0 Å². The minimum absolute atomic E-state index is 0. The van der Waals surface area contributed by atoms with Gasteiger partial charge in [-0.25, -0.2) is 0 Å². The third-order valence-corrected chi connectivity index (χ3v) is 3.07. The number of benzene rings is 1. The third kappa shape index (κ3) is 3.45. The standard InChI is InChI=1S/C14H15ClN.ClH/c1-11-7-8-16(12(2)9-11)10-13-5-3-4-6-14(13)15;/h3-9H,10H2,1-2H3;1H/q+1;/p-1. The van der Waals surface area contributed by atoms with Crippen LogP contribution in [0.3, 0.4) is 0 Å². The van der Waals surface area contributed by atoms with Crippen molar-refractivity contribution < 1.29 is 17.0 Å². The Morgan fingerprint density at radius 1 is 1.12 bits per heavy atom. The SMILES string of the molecule is Cc1cc[n+](Cc2ccccc2Cl)c(C)c1.[Cl-]. The second-order valence-corrected chi connectivity index (χ2v) is 4.47. The number of hydrogen-bond acceptors (Lipinski definition) is 0. The van der Waals surface area contributed by atoms with Gasteiger partial charge in [0.25, 0.3) is 0 Å². The molecule has 0 aliphatic heterocycles. The summed E-state index contributed by atoms with van der Waals surface area (Å²) in [5, 5.41) is 0.829. The van der Waals surface area contributed by atoms with E-state index in [9.17, 15) is 0 Å². The van der Waals surface area contributed by atoms with Crippen LogP contribution < -0.4 is 17.0 Å². The largest absolute Gasteiger partial charge is 1.00 e. The molecule has 1 heterocycles. The fourth-order valence-electron chi connectivity index (χ4n) is 1.77. The highest BCUT2D eigenvalue weighted by atomic mass is 35.5. The normalized spacial score (nSPS) is 9.82. The quantitative estimate of drug-likeness (QED) is 0.690. The van der Waals surface area contributed by atoms with Gasteiger partial charge in [-0.1, -0.05) is 29.8 Å². The van der Waals surface area contributed by atoms with Crippen LogP contribution in [0.4, 0.5) is 0 Å². The topological polar surface area (TPSA) is 3.88 Å². The van der Waals surface area contributed by atoms with Crippen LogP contribution in [0.25, 0.3) is 0 Å². The highest BCUT2D eigenvalue weighted by molar-refractivity contribution is 6.31. The monoisotopic (exact) mass is 267 g/mol. The van der Waals surface area contributed by atoms with E-state index < -0.39 is 0 Å². The average molecular weight is 268 g/mol. The molecule has 0 radical (unpaired) electrons. The molecule has 0 spiro atoms. The van der Waals surface area contributed by atoms with Crippen LogP contribution in [0.15, 0.2) is 42.6 Å². The van der Waals surface area contributed by atoms with Crippen LogP contribution in [-0.2, 0) is 6.54 Å². The predicted molar refractivity (Wildman–Crippen MR) is 66.7 cm³/mol. The third-order valence-electron chi connectivity index (χ3n) is 2.71. The van der Waals surface area contributed by atoms with E-state index in [4.69, 9.17) is 11.6 Å². The number of nitrogens with zero attached hydrogens (tertiary/aromatic N) is 1. The minimum atomic E-state index is 0. The summed E-state index contributed by atoms with van der Waals surface area (Å²) in [6.07, 6.45) is 2.11. The van der Waals surface area contributed by atoms with Crippen molar-refractivity contribution in [1.29, 1.82) is 0 Å². The molecule has 0 fully saturated rings. The molecule has 0 saturated heterocycles. The van der Waals surface area contributed by atoms with E-state index in [-0.39, 0.29) is 12.4 Å². The van der Waals surface area contributed by atoms with Gasteiger partial charge in [-0.2, -0.15) is 4.57 Å². The maximum absolute atomic E-state index is 6.14. The van der Waals surface area contributed by atoms with E-state index in [1.54, 1.807) is 0 Å². The lowest BCUT2D eigenvalue weighted by atomic mass is 10.2. The lowest BCUT2D eigenvalue weighted by molar-refractivity contribution is -0.694. The van der Waals surface area contributed by atoms with Crippen molar-refractivity contribution >= 4 is 11.6 Å². The first-order chi connectivity index (χ1) is 7.66. The fraction of sp³-hybridized carbons (Fsp3) is 0.214. The van der Waals surface area contributed by atoms with Crippen LogP contribution in [0.2, 0.25) is 5.02 Å². The van der Waals surface area contributed by atoms with Crippen molar-refractivity contribution in [2.24, 2.45) is 0 Å². The van der Waals surface area contributed by atoms with Gasteiger partial charge >= 0.3 is 0 Å². The van der Waals surface area contributed by atoms with Crippen molar-refractivity contribution in [2.75, 3.05) is 0 Å². The zero-order chi connectivity index (χ0) is 11.5. The Kier molecular flexibility index (Phi) is 4.98. The Morgan fingerprint density at radius 3 is 2.47 bits per heavy atom. The van der Waals surface area contributed by atoms with Gasteiger partial charge < -0.3 is 12.4 Å². The van der Waals surface area contributed by atoms with Crippen LogP contribution in [-0.4, -0.2) is 0 Å². The molecule has 17 heavy (non-hydrogen) atoms. The number of pyridine rings is 1. The molecular weight excluding hydrogens is 253 g/mol. The van der Waals surface area contributed by atoms with Crippen molar-refractivity contribution in [2.45, 2.75) is 20.4 Å². The smallest absolute Gasteiger partial charge is 0.178 e. The zero-order valence-electron chi connectivity index (χ0n) is 9.95. The summed E-state index contributed by atoms with van der Waals surface area (Å²) in [5.74, 6) is 0. The Balaban J connectivity index is 0.00000144. The Morgan fingerprint density at radius 2 is 1.82 bits per heavy atom. The van der Waals surface area contributed by atoms with Gasteiger partial charge in [0.15, 0.2) is 18.4 Å². The van der Waals surface area contributed by atoms with Gasteiger partial charge in [-0.15, -0.1) is 0 Å². The Bertz CT molecular complexity index is 509. The summed E-state index contributed by atoms with van der Waals surface area (Å²) >= 11 is 6.14. The number of aryl methyl sites for hydroxylation is 2. The number of rotatable bonds is 2. The average Bonchev–Trinajstić information content (AvgIpc) is 2.25. The van der Waals surface area contributed by atoms with Crippen LogP contribution in [0, 0.1) is 13.8 Å². The van der Waals surface area contributed by atoms with E-state index >= 15 is 0 Å². The highest BCUT2D eigenvalue weighted by Gasteiger charge is 2.09. The van der Waals surface area contributed by atoms with Gasteiger partial charge in [0.2, 0.25) is 0 Å². The summed E-state index contributed by atoms with van der Waals surface area (Å²) in [6, 6.07) is 12.3. The highest BCUT2D eigenvalue weighted by Crippen LogP contribution is 2.14. The molecule has 1 aromatic heterocycles. The van der Waals surface area contributed by atoms with E-state index in [1.807, 2.05) is 18.2 Å². The molecule has 0 amide bonds. The van der Waals surface area contributed by atoms with Crippen molar-refractivity contribution in [1.82, 2.24) is 0 Å². The van der Waals surface area contributed by atoms with Crippen molar-refractivity contribution in [3.05, 3.63) is 64.4 Å². The second-order valence-electron chi connectivity index (χ2n) is 4.06. The molecule has 0 saturated carbocycles. The molecule has 1 nitrogen and oxygen atoms in total. The molecule has 0 unspecified atom stereocenters. The van der Waals surface area contributed by atoms with E-state index in [2.05, 4.69) is 42.8 Å². The predicted octanol–water partition coefficient (Wildman–Crippen LogP) is 0.297. The van der Waals surface area contributed by atoms with Gasteiger partial charge in [-0.3, -0.25) is 0 Å². The van der Waals surface area contributed by atoms with Crippen LogP contribution >= 0.6 is 11.6 Å². The Labute approximate surface area is 113 Å². The molecule has 0 atom stereocenters. The molecule has 2 rings (SSSR count). The lowest BCUT2D eigenvalue weighted by Crippen LogP contribution is -3.00. The second kappa shape index (κ2) is 6.04. The molecule has 0 N–H and O–H groups in total. The summed E-state index contributed by atoms with van der Waals surface area (Å²) < 4.78 is 2.20. The maximum Gasteiger partial charge on any atom is 0.178 e. The number of aromatic nitrogens is 1. The fourth-order valence-corrected chi connectivity index (χ4v) is 1.97. The van der Waals surface area contributed by atoms with Gasteiger partial charge in [-0.05, 0) is 18.6 Å². The van der Waals surface area contributed by atoms with Gasteiger partial charge in [0, 0.05) is 24.6 Å². The first-order valence-electron chi connectivity index (χ1n) is 5.37. The molecule has 3 heteroatoms. The molecule has 0 bridgehead atoms. The number of hydrogen-bond donors (Lipinski definition) is 0. The van der Waals surface area contributed by atoms with Crippen molar-refractivity contribution in [3.8, 4) is 0 Å². The van der Waals surface area contributed by atoms with E-state index in [0.717, 1.165) is 17.1 Å². The Hall–Kier alpha value is -1.05. The molecule has 2 aromatic rings. The van der Waals surface area contributed by atoms with E-state index in [0.29, 0.717) is 0 Å². The van der Waals surface area contributed by atoms with Gasteiger partial charge in [0.05, 0.1) is 5.02 Å². The summed E-state index contributed by atoms with van der Waals surface area (Å²) in [6.45, 7) is 5.04. The van der Waals surface area contributed by atoms with Gasteiger partial charge in [0.1, 0.15) is 0 Å². The van der Waals surface area contributed by atoms with Crippen LogP contribution in [0.1, 0.15) is 16.8 Å². The number of halogens is 2. The molecule has 1 aromatic carbocycles. The minimum Gasteiger partial charge on any atom is -1.00 e. The summed E-state index contributed by atoms with van der Waals surface area (Å²) in [7, 11) is 0. The van der Waals surface area contributed by atoms with E-state index in [1.165, 1.54) is 11.3 Å². The zero-order valence-corrected chi connectivity index (χ0v) is 11.5. The first-order valence-corrected chi connectivity index (χ1v) is 5.75. The lowest BCUT2D eigenvalue weighted by Gasteiger charge is -2.03. The van der Waals surface area contributed by atoms with Crippen molar-refractivity contribution in [3.63, 3.8) is 0 Å². The maximum atomic E-state index is 6.14. The first kappa shape index (κ1) is 14.0. The molecule has 90 valence electrons. The summed E-state index contributed by atoms with van der Waals surface area (Å²) in [5.41, 5.74) is 3.69. The summed E-state index contributed by atoms with van der Waals surface area (Å²) in [4.78, 5) is 0. The molecule has 0 aliphatic rings. The molecule has 0 aliphatic carbocycles.